The van der Waals surface area contributed by atoms with Gasteiger partial charge in [-0.2, -0.15) is 0 Å². The van der Waals surface area contributed by atoms with Gasteiger partial charge < -0.3 is 15.0 Å². The number of piperidine rings is 1. The van der Waals surface area contributed by atoms with Crippen LogP contribution in [0, 0.1) is 19.8 Å². The van der Waals surface area contributed by atoms with Crippen LogP contribution in [0.15, 0.2) is 18.2 Å². The lowest BCUT2D eigenvalue weighted by molar-refractivity contribution is -0.144. The molecular weight excluding hydrogens is 312 g/mol. The summed E-state index contributed by atoms with van der Waals surface area (Å²) in [6, 6.07) is 6.65. The molecule has 1 aromatic carbocycles. The molecule has 0 bridgehead atoms. The molecule has 2 aliphatic heterocycles. The van der Waals surface area contributed by atoms with Crippen LogP contribution in [-0.4, -0.2) is 43.1 Å². The Morgan fingerprint density at radius 2 is 2.04 bits per heavy atom. The third-order valence-electron chi connectivity index (χ3n) is 5.76. The maximum absolute atomic E-state index is 12.8. The highest BCUT2D eigenvalue weighted by Gasteiger charge is 2.31. The molecule has 25 heavy (non-hydrogen) atoms. The minimum atomic E-state index is -0.000990. The van der Waals surface area contributed by atoms with Crippen molar-refractivity contribution in [2.75, 3.05) is 26.2 Å². The van der Waals surface area contributed by atoms with Crippen LogP contribution in [-0.2, 0) is 9.53 Å². The maximum atomic E-state index is 12.8. The standard InChI is InChI=1S/C21H32N2O2/c1-15-4-5-16(2)19(12-15)20-13-23(17(3)14-25-20)21(24)7-6-18-8-10-22-11-9-18/h4-5,12,17-18,20,22H,6-11,13-14H2,1-3H3/t17-,20-/m1/s1. The normalized spacial score (nSPS) is 25.2. The first kappa shape index (κ1) is 18.4. The minimum absolute atomic E-state index is 0.000990. The molecule has 0 radical (unpaired) electrons. The van der Waals surface area contributed by atoms with Crippen molar-refractivity contribution in [1.82, 2.24) is 10.2 Å². The fourth-order valence-corrected chi connectivity index (χ4v) is 4.04. The Labute approximate surface area is 151 Å². The summed E-state index contributed by atoms with van der Waals surface area (Å²) in [5.41, 5.74) is 3.71. The Morgan fingerprint density at radius 3 is 2.80 bits per heavy atom. The van der Waals surface area contributed by atoms with Gasteiger partial charge in [-0.25, -0.2) is 0 Å². The first-order chi connectivity index (χ1) is 12.0. The molecule has 2 atom stereocenters. The van der Waals surface area contributed by atoms with Gasteiger partial charge in [0, 0.05) is 6.42 Å². The number of morpholine rings is 1. The van der Waals surface area contributed by atoms with Crippen molar-refractivity contribution >= 4 is 5.91 Å². The summed E-state index contributed by atoms with van der Waals surface area (Å²) >= 11 is 0. The quantitative estimate of drug-likeness (QED) is 0.910. The second-order valence-electron chi connectivity index (χ2n) is 7.81. The summed E-state index contributed by atoms with van der Waals surface area (Å²) in [6.45, 7) is 9.83. The summed E-state index contributed by atoms with van der Waals surface area (Å²) in [5, 5.41) is 3.39. The molecule has 0 spiro atoms. The van der Waals surface area contributed by atoms with E-state index < -0.39 is 0 Å². The zero-order chi connectivity index (χ0) is 17.8. The number of amides is 1. The summed E-state index contributed by atoms with van der Waals surface area (Å²) in [5.74, 6) is 1.00. The molecule has 138 valence electrons. The average molecular weight is 344 g/mol. The first-order valence-corrected chi connectivity index (χ1v) is 9.73. The van der Waals surface area contributed by atoms with E-state index in [-0.39, 0.29) is 12.1 Å². The van der Waals surface area contributed by atoms with Crippen LogP contribution in [0.4, 0.5) is 0 Å². The molecule has 0 unspecified atom stereocenters. The van der Waals surface area contributed by atoms with Crippen LogP contribution in [0.3, 0.4) is 0 Å². The first-order valence-electron chi connectivity index (χ1n) is 9.73. The van der Waals surface area contributed by atoms with Crippen LogP contribution >= 0.6 is 0 Å². The largest absolute Gasteiger partial charge is 0.370 e. The van der Waals surface area contributed by atoms with Gasteiger partial charge in [0.2, 0.25) is 5.91 Å². The van der Waals surface area contributed by atoms with E-state index in [2.05, 4.69) is 49.2 Å². The van der Waals surface area contributed by atoms with Gasteiger partial charge in [-0.3, -0.25) is 4.79 Å². The molecule has 1 amide bonds. The SMILES string of the molecule is Cc1ccc(C)c([C@H]2CN(C(=O)CCC3CCNCC3)[C@H](C)CO2)c1. The molecular formula is C21H32N2O2. The van der Waals surface area contributed by atoms with Crippen LogP contribution in [0.25, 0.3) is 0 Å². The van der Waals surface area contributed by atoms with Gasteiger partial charge in [0.05, 0.1) is 19.2 Å². The van der Waals surface area contributed by atoms with Crippen molar-refractivity contribution < 1.29 is 9.53 Å². The maximum Gasteiger partial charge on any atom is 0.222 e. The predicted octanol–water partition coefficient (Wildman–Crippen LogP) is 3.37. The number of carbonyl (C=O) groups is 1. The summed E-state index contributed by atoms with van der Waals surface area (Å²) in [7, 11) is 0. The molecule has 2 aliphatic rings. The Bertz CT molecular complexity index is 596. The number of carbonyl (C=O) groups excluding carboxylic acids is 1. The van der Waals surface area contributed by atoms with E-state index in [1.54, 1.807) is 0 Å². The van der Waals surface area contributed by atoms with Gasteiger partial charge in [0.15, 0.2) is 0 Å². The van der Waals surface area contributed by atoms with Gasteiger partial charge in [0.1, 0.15) is 6.10 Å². The Morgan fingerprint density at radius 1 is 1.28 bits per heavy atom. The number of rotatable bonds is 4. The number of nitrogens with one attached hydrogen (secondary N) is 1. The van der Waals surface area contributed by atoms with E-state index in [1.807, 2.05) is 0 Å². The average Bonchev–Trinajstić information content (AvgIpc) is 2.63. The fraction of sp³-hybridized carbons (Fsp3) is 0.667. The lowest BCUT2D eigenvalue weighted by atomic mass is 9.92. The molecule has 2 saturated heterocycles. The summed E-state index contributed by atoms with van der Waals surface area (Å²) < 4.78 is 6.08. The number of nitrogens with zero attached hydrogens (tertiary/aromatic N) is 1. The van der Waals surface area contributed by atoms with E-state index in [4.69, 9.17) is 4.74 Å². The minimum Gasteiger partial charge on any atom is -0.370 e. The Hall–Kier alpha value is -1.39. The lowest BCUT2D eigenvalue weighted by Crippen LogP contribution is -2.48. The second-order valence-corrected chi connectivity index (χ2v) is 7.81. The fourth-order valence-electron chi connectivity index (χ4n) is 4.04. The predicted molar refractivity (Wildman–Crippen MR) is 101 cm³/mol. The van der Waals surface area contributed by atoms with Crippen LogP contribution in [0.1, 0.15) is 55.4 Å². The number of hydrogen-bond donors (Lipinski definition) is 1. The van der Waals surface area contributed by atoms with Gasteiger partial charge in [-0.15, -0.1) is 0 Å². The molecule has 1 aromatic rings. The van der Waals surface area contributed by atoms with Gasteiger partial charge >= 0.3 is 0 Å². The number of ether oxygens (including phenoxy) is 1. The zero-order valence-corrected chi connectivity index (χ0v) is 15.9. The molecule has 0 saturated carbocycles. The van der Waals surface area contributed by atoms with Gasteiger partial charge in [-0.05, 0) is 70.2 Å². The van der Waals surface area contributed by atoms with Crippen LogP contribution in [0.2, 0.25) is 0 Å². The molecule has 0 aromatic heterocycles. The molecule has 2 fully saturated rings. The molecule has 1 N–H and O–H groups in total. The smallest absolute Gasteiger partial charge is 0.222 e. The van der Waals surface area contributed by atoms with E-state index in [0.29, 0.717) is 31.4 Å². The van der Waals surface area contributed by atoms with Crippen molar-refractivity contribution in [1.29, 1.82) is 0 Å². The topological polar surface area (TPSA) is 41.6 Å². The number of hydrogen-bond acceptors (Lipinski definition) is 3. The highest BCUT2D eigenvalue weighted by atomic mass is 16.5. The van der Waals surface area contributed by atoms with Gasteiger partial charge in [-0.1, -0.05) is 23.8 Å². The molecule has 3 rings (SSSR count). The second kappa shape index (κ2) is 8.33. The highest BCUT2D eigenvalue weighted by Crippen LogP contribution is 2.29. The third-order valence-corrected chi connectivity index (χ3v) is 5.76. The Kier molecular flexibility index (Phi) is 6.13. The van der Waals surface area contributed by atoms with E-state index in [0.717, 1.165) is 19.5 Å². The van der Waals surface area contributed by atoms with E-state index in [9.17, 15) is 4.79 Å². The van der Waals surface area contributed by atoms with Crippen molar-refractivity contribution in [3.05, 3.63) is 34.9 Å². The summed E-state index contributed by atoms with van der Waals surface area (Å²) in [4.78, 5) is 14.9. The van der Waals surface area contributed by atoms with Crippen molar-refractivity contribution in [2.24, 2.45) is 5.92 Å². The number of benzene rings is 1. The van der Waals surface area contributed by atoms with Crippen molar-refractivity contribution in [2.45, 2.75) is 58.6 Å². The highest BCUT2D eigenvalue weighted by molar-refractivity contribution is 5.76. The van der Waals surface area contributed by atoms with Crippen LogP contribution < -0.4 is 5.32 Å². The zero-order valence-electron chi connectivity index (χ0n) is 15.9. The molecule has 0 aliphatic carbocycles. The molecule has 2 heterocycles. The van der Waals surface area contributed by atoms with E-state index >= 15 is 0 Å². The molecule has 4 nitrogen and oxygen atoms in total. The van der Waals surface area contributed by atoms with Crippen molar-refractivity contribution in [3.8, 4) is 0 Å². The van der Waals surface area contributed by atoms with Crippen LogP contribution in [0.5, 0.6) is 0 Å². The summed E-state index contributed by atoms with van der Waals surface area (Å²) in [6.07, 6.45) is 4.11. The molecule has 4 heteroatoms. The number of aryl methyl sites for hydroxylation is 2. The van der Waals surface area contributed by atoms with E-state index in [1.165, 1.54) is 29.5 Å². The third kappa shape index (κ3) is 4.62. The Balaban J connectivity index is 1.61. The van der Waals surface area contributed by atoms with Crippen molar-refractivity contribution in [3.63, 3.8) is 0 Å². The monoisotopic (exact) mass is 344 g/mol. The van der Waals surface area contributed by atoms with Gasteiger partial charge in [0.25, 0.3) is 0 Å². The lowest BCUT2D eigenvalue weighted by Gasteiger charge is -2.39.